The number of benzene rings is 2. The molecule has 4 aromatic rings. The van der Waals surface area contributed by atoms with E-state index >= 15 is 0 Å². The van der Waals surface area contributed by atoms with Gasteiger partial charge in [0.2, 0.25) is 0 Å². The highest BCUT2D eigenvalue weighted by Gasteiger charge is 2.32. The lowest BCUT2D eigenvalue weighted by molar-refractivity contribution is 0.0922. The molecule has 2 heterocycles. The Morgan fingerprint density at radius 1 is 1.03 bits per heavy atom. The molecule has 146 valence electrons. The van der Waals surface area contributed by atoms with Crippen LogP contribution < -0.4 is 10.9 Å². The van der Waals surface area contributed by atoms with Crippen LogP contribution in [0.3, 0.4) is 0 Å². The second-order valence-electron chi connectivity index (χ2n) is 7.21. The zero-order valence-corrected chi connectivity index (χ0v) is 17.3. The zero-order valence-electron chi connectivity index (χ0n) is 16.5. The molecule has 0 spiro atoms. The Balaban J connectivity index is 1.81. The van der Waals surface area contributed by atoms with Crippen molar-refractivity contribution in [3.63, 3.8) is 0 Å². The van der Waals surface area contributed by atoms with E-state index in [0.29, 0.717) is 20.7 Å². The van der Waals surface area contributed by atoms with E-state index < -0.39 is 5.54 Å². The Kier molecular flexibility index (Phi) is 4.80. The number of rotatable bonds is 4. The van der Waals surface area contributed by atoms with E-state index in [9.17, 15) is 9.59 Å². The van der Waals surface area contributed by atoms with Crippen molar-refractivity contribution in [1.82, 2.24) is 14.9 Å². The SMILES string of the molecule is Cc1c(C(=O)NC(C)(c2ccccc2)c2ccccc2)sc2ncn(C)c(=O)c12. The Bertz CT molecular complexity index is 1200. The van der Waals surface area contributed by atoms with Crippen LogP contribution in [0.25, 0.3) is 10.2 Å². The standard InChI is InChI=1S/C23H21N3O2S/c1-15-18-21(24-14-26(3)22(18)28)29-19(15)20(27)25-23(2,16-10-6-4-7-11-16)17-12-8-5-9-13-17/h4-14H,1-3H3,(H,25,27). The monoisotopic (exact) mass is 403 g/mol. The number of aryl methyl sites for hydroxylation is 2. The molecule has 0 unspecified atom stereocenters. The summed E-state index contributed by atoms with van der Waals surface area (Å²) in [6, 6.07) is 19.8. The van der Waals surface area contributed by atoms with Crippen LogP contribution in [0, 0.1) is 6.92 Å². The molecule has 4 rings (SSSR count). The molecule has 6 heteroatoms. The fourth-order valence-electron chi connectivity index (χ4n) is 3.56. The lowest BCUT2D eigenvalue weighted by atomic mass is 9.84. The van der Waals surface area contributed by atoms with E-state index in [-0.39, 0.29) is 11.5 Å². The topological polar surface area (TPSA) is 64.0 Å². The fourth-order valence-corrected chi connectivity index (χ4v) is 4.60. The van der Waals surface area contributed by atoms with Gasteiger partial charge in [-0.1, -0.05) is 60.7 Å². The first-order chi connectivity index (χ1) is 13.9. The van der Waals surface area contributed by atoms with E-state index in [0.717, 1.165) is 11.1 Å². The van der Waals surface area contributed by atoms with Gasteiger partial charge in [-0.3, -0.25) is 9.59 Å². The first kappa shape index (κ1) is 19.1. The highest BCUT2D eigenvalue weighted by atomic mass is 32.1. The molecule has 0 aliphatic carbocycles. The van der Waals surface area contributed by atoms with Crippen LogP contribution in [-0.2, 0) is 12.6 Å². The van der Waals surface area contributed by atoms with Crippen molar-refractivity contribution in [1.29, 1.82) is 0 Å². The summed E-state index contributed by atoms with van der Waals surface area (Å²) in [6.45, 7) is 3.80. The highest BCUT2D eigenvalue weighted by Crippen LogP contribution is 2.32. The molecule has 0 radical (unpaired) electrons. The number of thiophene rings is 1. The molecule has 0 saturated carbocycles. The molecule has 0 atom stereocenters. The fraction of sp³-hybridized carbons (Fsp3) is 0.174. The number of amides is 1. The number of nitrogens with one attached hydrogen (secondary N) is 1. The number of fused-ring (bicyclic) bond motifs is 1. The second kappa shape index (κ2) is 7.29. The Morgan fingerprint density at radius 3 is 2.14 bits per heavy atom. The van der Waals surface area contributed by atoms with Crippen LogP contribution in [0.15, 0.2) is 71.8 Å². The van der Waals surface area contributed by atoms with E-state index in [2.05, 4.69) is 10.3 Å². The van der Waals surface area contributed by atoms with Crippen molar-refractivity contribution < 1.29 is 4.79 Å². The Labute approximate surface area is 172 Å². The average Bonchev–Trinajstić information content (AvgIpc) is 3.09. The number of aromatic nitrogens is 2. The Morgan fingerprint density at radius 2 is 1.59 bits per heavy atom. The molecule has 1 N–H and O–H groups in total. The van der Waals surface area contributed by atoms with Crippen LogP contribution in [0.5, 0.6) is 0 Å². The van der Waals surface area contributed by atoms with Gasteiger partial charge in [0.1, 0.15) is 4.83 Å². The molecule has 0 aliphatic heterocycles. The minimum absolute atomic E-state index is 0.142. The molecule has 29 heavy (non-hydrogen) atoms. The maximum atomic E-state index is 13.4. The lowest BCUT2D eigenvalue weighted by Gasteiger charge is -2.32. The molecule has 0 aliphatic rings. The molecule has 0 bridgehead atoms. The quantitative estimate of drug-likeness (QED) is 0.560. The first-order valence-electron chi connectivity index (χ1n) is 9.30. The predicted molar refractivity (Wildman–Crippen MR) is 116 cm³/mol. The lowest BCUT2D eigenvalue weighted by Crippen LogP contribution is -2.44. The van der Waals surface area contributed by atoms with E-state index in [1.807, 2.05) is 67.6 Å². The van der Waals surface area contributed by atoms with Gasteiger partial charge in [-0.2, -0.15) is 0 Å². The van der Waals surface area contributed by atoms with Gasteiger partial charge >= 0.3 is 0 Å². The van der Waals surface area contributed by atoms with Crippen molar-refractivity contribution in [2.45, 2.75) is 19.4 Å². The third-order valence-corrected chi connectivity index (χ3v) is 6.48. The van der Waals surface area contributed by atoms with E-state index in [1.54, 1.807) is 14.0 Å². The number of carbonyl (C=O) groups is 1. The number of carbonyl (C=O) groups excluding carboxylic acids is 1. The summed E-state index contributed by atoms with van der Waals surface area (Å²) in [6.07, 6.45) is 1.49. The smallest absolute Gasteiger partial charge is 0.262 e. The van der Waals surface area contributed by atoms with Crippen molar-refractivity contribution in [3.05, 3.63) is 98.9 Å². The number of nitrogens with zero attached hydrogens (tertiary/aromatic N) is 2. The Hall–Kier alpha value is -3.25. The molecule has 2 aromatic carbocycles. The van der Waals surface area contributed by atoms with Gasteiger partial charge in [0.25, 0.3) is 11.5 Å². The summed E-state index contributed by atoms with van der Waals surface area (Å²) in [5.74, 6) is -0.220. The molecular formula is C23H21N3O2S. The summed E-state index contributed by atoms with van der Waals surface area (Å²) in [5, 5.41) is 3.72. The average molecular weight is 404 g/mol. The van der Waals surface area contributed by atoms with Crippen molar-refractivity contribution in [2.75, 3.05) is 0 Å². The van der Waals surface area contributed by atoms with Crippen LogP contribution in [0.1, 0.15) is 33.3 Å². The molecule has 0 saturated heterocycles. The van der Waals surface area contributed by atoms with Crippen molar-refractivity contribution >= 4 is 27.5 Å². The summed E-state index contributed by atoms with van der Waals surface area (Å²) >= 11 is 1.25. The van der Waals surface area contributed by atoms with Gasteiger partial charge in [-0.25, -0.2) is 4.98 Å². The maximum absolute atomic E-state index is 13.4. The van der Waals surface area contributed by atoms with Gasteiger partial charge in [0.15, 0.2) is 0 Å². The zero-order chi connectivity index (χ0) is 20.6. The van der Waals surface area contributed by atoms with Gasteiger partial charge in [-0.15, -0.1) is 11.3 Å². The van der Waals surface area contributed by atoms with Crippen LogP contribution in [-0.4, -0.2) is 15.5 Å². The maximum Gasteiger partial charge on any atom is 0.262 e. The van der Waals surface area contributed by atoms with Crippen molar-refractivity contribution in [3.8, 4) is 0 Å². The highest BCUT2D eigenvalue weighted by molar-refractivity contribution is 7.20. The normalized spacial score (nSPS) is 11.6. The largest absolute Gasteiger partial charge is 0.338 e. The summed E-state index contributed by atoms with van der Waals surface area (Å²) in [7, 11) is 1.66. The van der Waals surface area contributed by atoms with Crippen LogP contribution in [0.4, 0.5) is 0 Å². The third kappa shape index (κ3) is 3.25. The van der Waals surface area contributed by atoms with Gasteiger partial charge in [0.05, 0.1) is 22.1 Å². The predicted octanol–water partition coefficient (Wildman–Crippen LogP) is 4.00. The molecule has 0 fully saturated rings. The molecular weight excluding hydrogens is 382 g/mol. The van der Waals surface area contributed by atoms with Gasteiger partial charge in [-0.05, 0) is 30.5 Å². The third-order valence-electron chi connectivity index (χ3n) is 5.28. The molecule has 2 aromatic heterocycles. The van der Waals surface area contributed by atoms with E-state index in [4.69, 9.17) is 0 Å². The molecule has 1 amide bonds. The van der Waals surface area contributed by atoms with Crippen LogP contribution >= 0.6 is 11.3 Å². The summed E-state index contributed by atoms with van der Waals surface area (Å²) in [4.78, 5) is 31.3. The van der Waals surface area contributed by atoms with Gasteiger partial charge in [0, 0.05) is 7.05 Å². The van der Waals surface area contributed by atoms with Gasteiger partial charge < -0.3 is 9.88 Å². The molecule has 5 nitrogen and oxygen atoms in total. The second-order valence-corrected chi connectivity index (χ2v) is 8.21. The minimum atomic E-state index is -0.722. The van der Waals surface area contributed by atoms with Crippen LogP contribution in [0.2, 0.25) is 0 Å². The summed E-state index contributed by atoms with van der Waals surface area (Å²) in [5.41, 5.74) is 1.76. The number of hydrogen-bond donors (Lipinski definition) is 1. The number of hydrogen-bond acceptors (Lipinski definition) is 4. The minimum Gasteiger partial charge on any atom is -0.338 e. The summed E-state index contributed by atoms with van der Waals surface area (Å²) < 4.78 is 1.43. The first-order valence-corrected chi connectivity index (χ1v) is 10.1. The van der Waals surface area contributed by atoms with Crippen molar-refractivity contribution in [2.24, 2.45) is 7.05 Å². The van der Waals surface area contributed by atoms with E-state index in [1.165, 1.54) is 22.2 Å².